The number of benzene rings is 1. The average molecular weight is 348 g/mol. The van der Waals surface area contributed by atoms with Gasteiger partial charge in [-0.15, -0.1) is 5.10 Å². The number of alkyl halides is 3. The molecule has 0 unspecified atom stereocenters. The van der Waals surface area contributed by atoms with Crippen molar-refractivity contribution < 1.29 is 17.9 Å². The molecule has 2 N–H and O–H groups in total. The van der Waals surface area contributed by atoms with Crippen molar-refractivity contribution >= 4 is 29.1 Å². The van der Waals surface area contributed by atoms with Crippen molar-refractivity contribution in [3.63, 3.8) is 0 Å². The summed E-state index contributed by atoms with van der Waals surface area (Å²) in [4.78, 5) is 4.08. The number of methoxy groups -OCH3 is 1. The molecule has 0 atom stereocenters. The summed E-state index contributed by atoms with van der Waals surface area (Å²) in [6.45, 7) is 0.963. The lowest BCUT2D eigenvalue weighted by molar-refractivity contribution is -0.137. The number of ether oxygens (including phenoxy) is 1. The van der Waals surface area contributed by atoms with Crippen LogP contribution < -0.4 is 10.6 Å². The fourth-order valence-electron chi connectivity index (χ4n) is 1.64. The smallest absolute Gasteiger partial charge is 0.383 e. The van der Waals surface area contributed by atoms with E-state index >= 15 is 0 Å². The van der Waals surface area contributed by atoms with Crippen molar-refractivity contribution in [2.24, 2.45) is 0 Å². The second-order valence-corrected chi connectivity index (χ2v) is 4.81. The van der Waals surface area contributed by atoms with E-state index in [4.69, 9.17) is 16.3 Å². The van der Waals surface area contributed by atoms with Gasteiger partial charge in [0.15, 0.2) is 5.82 Å². The summed E-state index contributed by atoms with van der Waals surface area (Å²) in [7, 11) is 1.56. The van der Waals surface area contributed by atoms with E-state index < -0.39 is 11.7 Å². The molecule has 0 aliphatic heterocycles. The third kappa shape index (κ3) is 4.93. The van der Waals surface area contributed by atoms with Crippen LogP contribution in [0.5, 0.6) is 0 Å². The lowest BCUT2D eigenvalue weighted by Crippen LogP contribution is -2.11. The highest BCUT2D eigenvalue weighted by Crippen LogP contribution is 2.34. The average Bonchev–Trinajstić information content (AvgIpc) is 2.49. The van der Waals surface area contributed by atoms with Crippen LogP contribution >= 0.6 is 11.6 Å². The zero-order chi connectivity index (χ0) is 16.9. The summed E-state index contributed by atoms with van der Waals surface area (Å²) in [5.74, 6) is 0.427. The maximum atomic E-state index is 12.7. The van der Waals surface area contributed by atoms with E-state index in [1.807, 2.05) is 0 Å². The van der Waals surface area contributed by atoms with Crippen LogP contribution in [-0.4, -0.2) is 35.4 Å². The van der Waals surface area contributed by atoms with Gasteiger partial charge in [0, 0.05) is 13.7 Å². The predicted molar refractivity (Wildman–Crippen MR) is 79.9 cm³/mol. The zero-order valence-corrected chi connectivity index (χ0v) is 12.7. The van der Waals surface area contributed by atoms with Gasteiger partial charge in [0.2, 0.25) is 5.95 Å². The number of rotatable bonds is 6. The maximum Gasteiger partial charge on any atom is 0.416 e. The molecule has 0 spiro atoms. The minimum atomic E-state index is -4.47. The van der Waals surface area contributed by atoms with Gasteiger partial charge in [0.25, 0.3) is 0 Å². The maximum absolute atomic E-state index is 12.7. The number of hydrogen-bond donors (Lipinski definition) is 2. The van der Waals surface area contributed by atoms with Gasteiger partial charge >= 0.3 is 6.18 Å². The molecule has 0 aliphatic carbocycles. The molecule has 10 heteroatoms. The Morgan fingerprint density at radius 1 is 1.30 bits per heavy atom. The van der Waals surface area contributed by atoms with Crippen LogP contribution in [0.2, 0.25) is 5.02 Å². The summed E-state index contributed by atoms with van der Waals surface area (Å²) >= 11 is 5.90. The predicted octanol–water partition coefficient (Wildman–Crippen LogP) is 3.35. The third-order valence-corrected chi connectivity index (χ3v) is 3.04. The summed E-state index contributed by atoms with van der Waals surface area (Å²) in [6.07, 6.45) is -3.09. The Balaban J connectivity index is 2.17. The van der Waals surface area contributed by atoms with Gasteiger partial charge in [-0.25, -0.2) is 0 Å². The van der Waals surface area contributed by atoms with Gasteiger partial charge in [-0.1, -0.05) is 11.6 Å². The topological polar surface area (TPSA) is 72.0 Å². The largest absolute Gasteiger partial charge is 0.416 e. The number of nitrogens with zero attached hydrogens (tertiary/aromatic N) is 3. The van der Waals surface area contributed by atoms with E-state index in [0.29, 0.717) is 19.0 Å². The molecule has 1 heterocycles. The van der Waals surface area contributed by atoms with Crippen LogP contribution in [0.25, 0.3) is 0 Å². The van der Waals surface area contributed by atoms with E-state index in [-0.39, 0.29) is 16.7 Å². The van der Waals surface area contributed by atoms with Crippen molar-refractivity contribution in [1.29, 1.82) is 0 Å². The highest BCUT2D eigenvalue weighted by molar-refractivity contribution is 6.33. The number of halogens is 4. The van der Waals surface area contributed by atoms with Crippen LogP contribution in [0, 0.1) is 0 Å². The van der Waals surface area contributed by atoms with Crippen LogP contribution in [0.4, 0.5) is 30.6 Å². The minimum Gasteiger partial charge on any atom is -0.383 e. The third-order valence-electron chi connectivity index (χ3n) is 2.71. The fourth-order valence-corrected chi connectivity index (χ4v) is 1.81. The van der Waals surface area contributed by atoms with Crippen molar-refractivity contribution in [2.45, 2.75) is 6.18 Å². The monoisotopic (exact) mass is 347 g/mol. The molecule has 6 nitrogen and oxygen atoms in total. The summed E-state index contributed by atoms with van der Waals surface area (Å²) in [6, 6.07) is 2.94. The lowest BCUT2D eigenvalue weighted by atomic mass is 10.2. The molecule has 2 rings (SSSR count). The van der Waals surface area contributed by atoms with Crippen molar-refractivity contribution in [2.75, 3.05) is 30.9 Å². The molecule has 23 heavy (non-hydrogen) atoms. The highest BCUT2D eigenvalue weighted by Gasteiger charge is 2.31. The first-order chi connectivity index (χ1) is 10.9. The van der Waals surface area contributed by atoms with Gasteiger partial charge in [-0.2, -0.15) is 23.3 Å². The molecule has 0 bridgehead atoms. The first-order valence-electron chi connectivity index (χ1n) is 6.46. The molecule has 124 valence electrons. The molecule has 1 aromatic heterocycles. The number of hydrogen-bond acceptors (Lipinski definition) is 6. The SMILES string of the molecule is COCCNc1cnnc(Nc2cc(C(F)(F)F)ccc2Cl)n1. The van der Waals surface area contributed by atoms with Crippen LogP contribution in [-0.2, 0) is 10.9 Å². The second-order valence-electron chi connectivity index (χ2n) is 4.40. The Kier molecular flexibility index (Phi) is 5.56. The molecule has 0 saturated heterocycles. The molecular formula is C13H13ClF3N5O. The molecule has 0 fully saturated rings. The van der Waals surface area contributed by atoms with Gasteiger partial charge in [0.05, 0.1) is 29.1 Å². The second kappa shape index (κ2) is 7.42. The Hall–Kier alpha value is -2.13. The fraction of sp³-hybridized carbons (Fsp3) is 0.308. The highest BCUT2D eigenvalue weighted by atomic mass is 35.5. The Morgan fingerprint density at radius 2 is 2.09 bits per heavy atom. The molecule has 1 aromatic carbocycles. The van der Waals surface area contributed by atoms with Crippen LogP contribution in [0.15, 0.2) is 24.4 Å². The number of anilines is 3. The van der Waals surface area contributed by atoms with Crippen LogP contribution in [0.1, 0.15) is 5.56 Å². The normalized spacial score (nSPS) is 11.3. The lowest BCUT2D eigenvalue weighted by Gasteiger charge is -2.12. The first-order valence-corrected chi connectivity index (χ1v) is 6.84. The van der Waals surface area contributed by atoms with Gasteiger partial charge < -0.3 is 15.4 Å². The summed E-state index contributed by atoms with van der Waals surface area (Å²) < 4.78 is 43.1. The molecule has 0 saturated carbocycles. The minimum absolute atomic E-state index is 0.0219. The Bertz CT molecular complexity index is 668. The molecular weight excluding hydrogens is 335 g/mol. The Morgan fingerprint density at radius 3 is 2.78 bits per heavy atom. The molecule has 2 aromatic rings. The van der Waals surface area contributed by atoms with Gasteiger partial charge in [0.1, 0.15) is 0 Å². The first kappa shape index (κ1) is 17.2. The van der Waals surface area contributed by atoms with Crippen molar-refractivity contribution in [3.8, 4) is 0 Å². The molecule has 0 amide bonds. The molecule has 0 radical (unpaired) electrons. The molecule has 0 aliphatic rings. The zero-order valence-electron chi connectivity index (χ0n) is 12.0. The van der Waals surface area contributed by atoms with Crippen molar-refractivity contribution in [1.82, 2.24) is 15.2 Å². The van der Waals surface area contributed by atoms with Crippen molar-refractivity contribution in [3.05, 3.63) is 35.0 Å². The summed E-state index contributed by atoms with van der Waals surface area (Å²) in [5.41, 5.74) is -0.788. The van der Waals surface area contributed by atoms with E-state index in [0.717, 1.165) is 18.2 Å². The standard InChI is InChI=1S/C13H13ClF3N5O/c1-23-5-4-18-11-7-19-22-12(21-11)20-10-6-8(13(15,16)17)2-3-9(10)14/h2-3,6-7H,4-5H2,1H3,(H2,18,20,21,22). The van der Waals surface area contributed by atoms with E-state index in [1.54, 1.807) is 7.11 Å². The van der Waals surface area contributed by atoms with Gasteiger partial charge in [-0.05, 0) is 18.2 Å². The van der Waals surface area contributed by atoms with E-state index in [9.17, 15) is 13.2 Å². The number of aromatic nitrogens is 3. The number of nitrogens with one attached hydrogen (secondary N) is 2. The Labute approximate surface area is 135 Å². The van der Waals surface area contributed by atoms with Gasteiger partial charge in [-0.3, -0.25) is 0 Å². The summed E-state index contributed by atoms with van der Waals surface area (Å²) in [5, 5.41) is 13.1. The van der Waals surface area contributed by atoms with E-state index in [2.05, 4.69) is 25.8 Å². The quantitative estimate of drug-likeness (QED) is 0.781. The van der Waals surface area contributed by atoms with Crippen LogP contribution in [0.3, 0.4) is 0 Å². The van der Waals surface area contributed by atoms with E-state index in [1.165, 1.54) is 6.20 Å².